The molecule has 0 saturated carbocycles. The van der Waals surface area contributed by atoms with Gasteiger partial charge in [0, 0.05) is 13.0 Å². The van der Waals surface area contributed by atoms with E-state index in [4.69, 9.17) is 14.8 Å². The van der Waals surface area contributed by atoms with Gasteiger partial charge in [-0.05, 0) is 57.8 Å². The van der Waals surface area contributed by atoms with E-state index in [1.165, 1.54) is 103 Å². The van der Waals surface area contributed by atoms with Crippen LogP contribution in [0.3, 0.4) is 0 Å². The van der Waals surface area contributed by atoms with E-state index in [0.29, 0.717) is 6.42 Å². The third-order valence-corrected chi connectivity index (χ3v) is 9.42. The van der Waals surface area contributed by atoms with Crippen LogP contribution in [0.15, 0.2) is 36.5 Å². The third-order valence-electron chi connectivity index (χ3n) is 8.44. The van der Waals surface area contributed by atoms with E-state index in [2.05, 4.69) is 43.5 Å². The van der Waals surface area contributed by atoms with Crippen LogP contribution in [-0.2, 0) is 18.4 Å². The first kappa shape index (κ1) is 46.7. The number of carbonyl (C=O) groups is 1. The Labute approximate surface area is 295 Å². The molecule has 8 nitrogen and oxygen atoms in total. The van der Waals surface area contributed by atoms with Gasteiger partial charge in [-0.2, -0.15) is 0 Å². The Bertz CT molecular complexity index is 850. The van der Waals surface area contributed by atoms with Crippen LogP contribution in [-0.4, -0.2) is 47.8 Å². The molecule has 0 aliphatic carbocycles. The Kier molecular flexibility index (Phi) is 34.6. The summed E-state index contributed by atoms with van der Waals surface area (Å²) in [4.78, 5) is 22.6. The number of nitrogens with one attached hydrogen (secondary N) is 1. The number of aliphatic hydroxyl groups excluding tert-OH is 1. The highest BCUT2D eigenvalue weighted by molar-refractivity contribution is 7.47. The zero-order valence-electron chi connectivity index (χ0n) is 31.0. The highest BCUT2D eigenvalue weighted by Crippen LogP contribution is 2.43. The van der Waals surface area contributed by atoms with Crippen molar-refractivity contribution in [3.05, 3.63) is 36.5 Å². The van der Waals surface area contributed by atoms with Gasteiger partial charge in [0.25, 0.3) is 0 Å². The summed E-state index contributed by atoms with van der Waals surface area (Å²) in [5, 5.41) is 13.6. The lowest BCUT2D eigenvalue weighted by Gasteiger charge is -2.23. The molecular formula is C39H75N2O6P. The molecule has 0 aliphatic heterocycles. The largest absolute Gasteiger partial charge is 0.472 e. The Balaban J connectivity index is 4.35. The monoisotopic (exact) mass is 699 g/mol. The first-order valence-corrected chi connectivity index (χ1v) is 21.1. The van der Waals surface area contributed by atoms with Gasteiger partial charge in [-0.15, -0.1) is 0 Å². The van der Waals surface area contributed by atoms with Gasteiger partial charge in [-0.1, -0.05) is 147 Å². The normalized spacial score (nSPS) is 14.7. The second-order valence-corrected chi connectivity index (χ2v) is 14.6. The summed E-state index contributed by atoms with van der Waals surface area (Å²) in [5.41, 5.74) is 5.35. The van der Waals surface area contributed by atoms with E-state index in [1.54, 1.807) is 6.08 Å². The van der Waals surface area contributed by atoms with Crippen LogP contribution in [0.4, 0.5) is 0 Å². The van der Waals surface area contributed by atoms with Gasteiger partial charge in [0.1, 0.15) is 0 Å². The zero-order chi connectivity index (χ0) is 35.4. The van der Waals surface area contributed by atoms with E-state index in [1.807, 2.05) is 6.08 Å². The molecule has 3 unspecified atom stereocenters. The van der Waals surface area contributed by atoms with E-state index >= 15 is 0 Å². The smallest absolute Gasteiger partial charge is 0.387 e. The molecule has 0 bridgehead atoms. The van der Waals surface area contributed by atoms with Gasteiger partial charge in [-0.25, -0.2) is 4.57 Å². The SMILES string of the molecule is CCCCCCCCC/C=C\CCCCCCCC(=O)NC(COP(=O)(O)OCCN)C(O)/C=C/CC/C=C/CCCCCCCCC. The number of carbonyl (C=O) groups excluding carboxylic acids is 1. The third kappa shape index (κ3) is 33.2. The summed E-state index contributed by atoms with van der Waals surface area (Å²) in [6.45, 7) is 4.08. The molecule has 0 heterocycles. The number of hydrogen-bond donors (Lipinski definition) is 4. The van der Waals surface area contributed by atoms with E-state index in [-0.39, 0.29) is 25.7 Å². The Morgan fingerprint density at radius 3 is 1.60 bits per heavy atom. The number of rotatable bonds is 36. The van der Waals surface area contributed by atoms with Gasteiger partial charge in [0.05, 0.1) is 25.4 Å². The van der Waals surface area contributed by atoms with Gasteiger partial charge in [0.2, 0.25) is 5.91 Å². The molecule has 1 amide bonds. The first-order chi connectivity index (χ1) is 23.4. The summed E-state index contributed by atoms with van der Waals surface area (Å²) >= 11 is 0. The van der Waals surface area contributed by atoms with Crippen LogP contribution in [0.2, 0.25) is 0 Å². The number of phosphoric acid groups is 1. The number of unbranched alkanes of at least 4 members (excludes halogenated alkanes) is 20. The Hall–Kier alpha value is -1.28. The molecule has 3 atom stereocenters. The number of phosphoric ester groups is 1. The highest BCUT2D eigenvalue weighted by atomic mass is 31.2. The lowest BCUT2D eigenvalue weighted by Crippen LogP contribution is -2.45. The standard InChI is InChI=1S/C39H75N2O6P/c1-3-5-7-9-11-13-15-17-18-19-21-23-25-27-29-31-33-39(43)41-37(36-47-48(44,45)46-35-34-40)38(42)32-30-28-26-24-22-20-16-14-12-10-8-6-4-2/h18-19,22,24,30,32,37-38,42H,3-17,20-21,23,25-29,31,33-36,40H2,1-2H3,(H,41,43)(H,44,45)/b19-18-,24-22+,32-30+. The summed E-state index contributed by atoms with van der Waals surface area (Å²) in [5.74, 6) is -0.215. The van der Waals surface area contributed by atoms with Crippen molar-refractivity contribution >= 4 is 13.7 Å². The molecule has 282 valence electrons. The lowest BCUT2D eigenvalue weighted by molar-refractivity contribution is -0.123. The lowest BCUT2D eigenvalue weighted by atomic mass is 10.1. The Morgan fingerprint density at radius 1 is 0.667 bits per heavy atom. The number of amides is 1. The van der Waals surface area contributed by atoms with Crippen molar-refractivity contribution in [3.63, 3.8) is 0 Å². The molecule has 0 aliphatic rings. The van der Waals surface area contributed by atoms with Gasteiger partial charge in [-0.3, -0.25) is 13.8 Å². The molecular weight excluding hydrogens is 623 g/mol. The fourth-order valence-electron chi connectivity index (χ4n) is 5.43. The summed E-state index contributed by atoms with van der Waals surface area (Å²) in [6.07, 6.45) is 40.5. The number of aliphatic hydroxyl groups is 1. The van der Waals surface area contributed by atoms with Crippen LogP contribution >= 0.6 is 7.82 Å². The fraction of sp³-hybridized carbons (Fsp3) is 0.821. The molecule has 0 saturated heterocycles. The predicted molar refractivity (Wildman–Crippen MR) is 203 cm³/mol. The number of hydrogen-bond acceptors (Lipinski definition) is 6. The maximum absolute atomic E-state index is 12.7. The van der Waals surface area contributed by atoms with Crippen LogP contribution in [0.25, 0.3) is 0 Å². The van der Waals surface area contributed by atoms with Crippen molar-refractivity contribution < 1.29 is 28.4 Å². The van der Waals surface area contributed by atoms with Crippen molar-refractivity contribution in [3.8, 4) is 0 Å². The molecule has 0 spiro atoms. The summed E-state index contributed by atoms with van der Waals surface area (Å²) in [7, 11) is -4.34. The van der Waals surface area contributed by atoms with Crippen molar-refractivity contribution in [1.29, 1.82) is 0 Å². The molecule has 0 aromatic heterocycles. The quantitative estimate of drug-likeness (QED) is 0.0291. The Morgan fingerprint density at radius 2 is 1.10 bits per heavy atom. The van der Waals surface area contributed by atoms with Crippen molar-refractivity contribution in [2.24, 2.45) is 5.73 Å². The van der Waals surface area contributed by atoms with E-state index < -0.39 is 20.0 Å². The average Bonchev–Trinajstić information content (AvgIpc) is 3.07. The summed E-state index contributed by atoms with van der Waals surface area (Å²) < 4.78 is 22.0. The molecule has 0 rings (SSSR count). The topological polar surface area (TPSA) is 131 Å². The molecule has 0 fully saturated rings. The second-order valence-electron chi connectivity index (χ2n) is 13.1. The summed E-state index contributed by atoms with van der Waals surface area (Å²) in [6, 6.07) is -0.878. The maximum Gasteiger partial charge on any atom is 0.472 e. The van der Waals surface area contributed by atoms with Gasteiger partial charge in [0.15, 0.2) is 0 Å². The molecule has 9 heteroatoms. The minimum Gasteiger partial charge on any atom is -0.387 e. The predicted octanol–water partition coefficient (Wildman–Crippen LogP) is 10.4. The molecule has 0 aromatic carbocycles. The van der Waals surface area contributed by atoms with Gasteiger partial charge >= 0.3 is 7.82 Å². The van der Waals surface area contributed by atoms with Crippen LogP contribution in [0.1, 0.15) is 174 Å². The van der Waals surface area contributed by atoms with Crippen LogP contribution in [0.5, 0.6) is 0 Å². The highest BCUT2D eigenvalue weighted by Gasteiger charge is 2.26. The fourth-order valence-corrected chi connectivity index (χ4v) is 6.19. The molecule has 0 radical (unpaired) electrons. The first-order valence-electron chi connectivity index (χ1n) is 19.6. The minimum absolute atomic E-state index is 0.0724. The number of allylic oxidation sites excluding steroid dienone is 5. The van der Waals surface area contributed by atoms with E-state index in [9.17, 15) is 19.4 Å². The van der Waals surface area contributed by atoms with Crippen LogP contribution < -0.4 is 11.1 Å². The van der Waals surface area contributed by atoms with Crippen molar-refractivity contribution in [2.75, 3.05) is 19.8 Å². The minimum atomic E-state index is -4.34. The molecule has 0 aromatic rings. The van der Waals surface area contributed by atoms with Gasteiger partial charge < -0.3 is 21.1 Å². The molecule has 5 N–H and O–H groups in total. The van der Waals surface area contributed by atoms with Crippen molar-refractivity contribution in [1.82, 2.24) is 5.32 Å². The van der Waals surface area contributed by atoms with E-state index in [0.717, 1.165) is 51.4 Å². The molecule has 48 heavy (non-hydrogen) atoms. The van der Waals surface area contributed by atoms with Crippen molar-refractivity contribution in [2.45, 2.75) is 187 Å². The average molecular weight is 699 g/mol. The second kappa shape index (κ2) is 35.5. The van der Waals surface area contributed by atoms with Crippen LogP contribution in [0, 0.1) is 0 Å². The number of nitrogens with two attached hydrogens (primary N) is 1. The zero-order valence-corrected chi connectivity index (χ0v) is 31.9. The maximum atomic E-state index is 12.7.